The second kappa shape index (κ2) is 8.86. The van der Waals surface area contributed by atoms with Crippen LogP contribution in [0.5, 0.6) is 0 Å². The highest BCUT2D eigenvalue weighted by molar-refractivity contribution is 5.97. The zero-order valence-electron chi connectivity index (χ0n) is 16.9. The van der Waals surface area contributed by atoms with Gasteiger partial charge < -0.3 is 10.6 Å². The molecule has 0 atom stereocenters. The van der Waals surface area contributed by atoms with Crippen LogP contribution in [0.4, 0.5) is 8.78 Å². The van der Waals surface area contributed by atoms with Crippen molar-refractivity contribution in [1.82, 2.24) is 25.2 Å². The number of nitrogens with zero attached hydrogens (tertiary/aromatic N) is 4. The molecule has 1 aliphatic rings. The molecule has 0 amide bonds. The molecule has 4 rings (SSSR count). The molecule has 31 heavy (non-hydrogen) atoms. The summed E-state index contributed by atoms with van der Waals surface area (Å²) in [4.78, 5) is 8.73. The Kier molecular flexibility index (Phi) is 5.83. The number of hydrogen-bond donors (Lipinski definition) is 3. The number of pyridine rings is 1. The van der Waals surface area contributed by atoms with Crippen LogP contribution in [0.15, 0.2) is 65.8 Å². The Morgan fingerprint density at radius 3 is 2.97 bits per heavy atom. The predicted molar refractivity (Wildman–Crippen MR) is 115 cm³/mol. The fourth-order valence-corrected chi connectivity index (χ4v) is 3.18. The molecule has 1 aliphatic heterocycles. The average molecular weight is 421 g/mol. The van der Waals surface area contributed by atoms with Gasteiger partial charge in [-0.2, -0.15) is 5.10 Å². The average Bonchev–Trinajstić information content (AvgIpc) is 3.22. The van der Waals surface area contributed by atoms with Gasteiger partial charge in [0.25, 0.3) is 0 Å². The first-order valence-corrected chi connectivity index (χ1v) is 9.77. The van der Waals surface area contributed by atoms with Crippen molar-refractivity contribution in [2.45, 2.75) is 26.3 Å². The summed E-state index contributed by atoms with van der Waals surface area (Å²) in [5, 5.41) is 18.5. The third-order valence-corrected chi connectivity index (χ3v) is 4.78. The summed E-state index contributed by atoms with van der Waals surface area (Å²) < 4.78 is 28.9. The molecule has 0 radical (unpaired) electrons. The SMILES string of the molecule is CC1=NC(N/C(=C\C(=N)NCc2cc(F)ccc2F)c2ccn3ncnc3c2)=CCC1. The Morgan fingerprint density at radius 1 is 1.26 bits per heavy atom. The molecule has 0 saturated carbocycles. The lowest BCUT2D eigenvalue weighted by Gasteiger charge is -2.16. The molecule has 0 bridgehead atoms. The van der Waals surface area contributed by atoms with Crippen molar-refractivity contribution in [2.75, 3.05) is 0 Å². The summed E-state index contributed by atoms with van der Waals surface area (Å²) in [5.74, 6) is -0.329. The van der Waals surface area contributed by atoms with Crippen molar-refractivity contribution in [3.05, 3.63) is 83.6 Å². The number of aromatic nitrogens is 3. The minimum absolute atomic E-state index is 0.0185. The van der Waals surface area contributed by atoms with Gasteiger partial charge in [-0.3, -0.25) is 5.41 Å². The van der Waals surface area contributed by atoms with Gasteiger partial charge in [-0.1, -0.05) is 0 Å². The highest BCUT2D eigenvalue weighted by Crippen LogP contribution is 2.18. The van der Waals surface area contributed by atoms with E-state index in [-0.39, 0.29) is 17.9 Å². The van der Waals surface area contributed by atoms with Crippen LogP contribution < -0.4 is 10.6 Å². The number of fused-ring (bicyclic) bond motifs is 1. The van der Waals surface area contributed by atoms with E-state index >= 15 is 0 Å². The lowest BCUT2D eigenvalue weighted by atomic mass is 10.1. The lowest BCUT2D eigenvalue weighted by molar-refractivity contribution is 0.582. The molecule has 0 saturated heterocycles. The number of amidine groups is 1. The van der Waals surface area contributed by atoms with Crippen LogP contribution in [0.3, 0.4) is 0 Å². The van der Waals surface area contributed by atoms with E-state index in [4.69, 9.17) is 5.41 Å². The minimum atomic E-state index is -0.529. The fraction of sp³-hybridized carbons (Fsp3) is 0.182. The Bertz CT molecular complexity index is 1220. The molecule has 0 fully saturated rings. The summed E-state index contributed by atoms with van der Waals surface area (Å²) in [7, 11) is 0. The molecule has 3 heterocycles. The number of nitrogens with one attached hydrogen (secondary N) is 3. The standard InChI is InChI=1S/C22H21F2N7/c1-14-3-2-4-21(29-14)30-19(15-7-8-31-22(10-15)27-13-28-31)11-20(25)26-12-16-9-17(23)5-6-18(16)24/h4-11,13,30H,2-3,12H2,1H3,(H2,25,26)/b19-11-. The molecule has 0 spiro atoms. The van der Waals surface area contributed by atoms with Crippen molar-refractivity contribution in [3.8, 4) is 0 Å². The number of benzene rings is 1. The maximum Gasteiger partial charge on any atom is 0.155 e. The molecule has 3 N–H and O–H groups in total. The first-order valence-electron chi connectivity index (χ1n) is 9.77. The number of hydrogen-bond acceptors (Lipinski definition) is 5. The molecule has 158 valence electrons. The van der Waals surface area contributed by atoms with Crippen molar-refractivity contribution in [1.29, 1.82) is 5.41 Å². The zero-order chi connectivity index (χ0) is 21.8. The van der Waals surface area contributed by atoms with E-state index in [0.717, 1.165) is 42.3 Å². The molecule has 2 aromatic heterocycles. The third kappa shape index (κ3) is 5.00. The lowest BCUT2D eigenvalue weighted by Crippen LogP contribution is -2.23. The fourth-order valence-electron chi connectivity index (χ4n) is 3.18. The first kappa shape index (κ1) is 20.4. The van der Waals surface area contributed by atoms with Gasteiger partial charge >= 0.3 is 0 Å². The summed E-state index contributed by atoms with van der Waals surface area (Å²) in [6, 6.07) is 6.93. The van der Waals surface area contributed by atoms with E-state index in [0.29, 0.717) is 17.2 Å². The second-order valence-corrected chi connectivity index (χ2v) is 7.14. The Hall–Kier alpha value is -3.88. The molecule has 3 aromatic rings. The summed E-state index contributed by atoms with van der Waals surface area (Å²) in [6.45, 7) is 1.95. The van der Waals surface area contributed by atoms with Gasteiger partial charge in [-0.25, -0.2) is 23.3 Å². The molecule has 1 aromatic carbocycles. The van der Waals surface area contributed by atoms with Crippen LogP contribution in [0.25, 0.3) is 11.3 Å². The Morgan fingerprint density at radius 2 is 2.13 bits per heavy atom. The Labute approximate surface area is 177 Å². The van der Waals surface area contributed by atoms with E-state index < -0.39 is 11.6 Å². The van der Waals surface area contributed by atoms with Crippen molar-refractivity contribution in [3.63, 3.8) is 0 Å². The summed E-state index contributed by atoms with van der Waals surface area (Å²) >= 11 is 0. The third-order valence-electron chi connectivity index (χ3n) is 4.78. The van der Waals surface area contributed by atoms with Gasteiger partial charge in [0, 0.05) is 35.7 Å². The van der Waals surface area contributed by atoms with Gasteiger partial charge in [0.1, 0.15) is 29.6 Å². The van der Waals surface area contributed by atoms with Crippen LogP contribution in [0.2, 0.25) is 0 Å². The number of allylic oxidation sites excluding steroid dienone is 1. The molecule has 7 nitrogen and oxygen atoms in total. The van der Waals surface area contributed by atoms with Gasteiger partial charge in [-0.05, 0) is 56.2 Å². The molecular formula is C22H21F2N7. The van der Waals surface area contributed by atoms with Crippen LogP contribution in [0.1, 0.15) is 30.9 Å². The van der Waals surface area contributed by atoms with Gasteiger partial charge in [0.05, 0.1) is 5.70 Å². The number of halogens is 2. The van der Waals surface area contributed by atoms with E-state index in [1.54, 1.807) is 16.8 Å². The van der Waals surface area contributed by atoms with E-state index in [1.165, 1.54) is 6.33 Å². The summed E-state index contributed by atoms with van der Waals surface area (Å²) in [6.07, 6.45) is 8.60. The van der Waals surface area contributed by atoms with Gasteiger partial charge in [0.15, 0.2) is 5.65 Å². The highest BCUT2D eigenvalue weighted by Gasteiger charge is 2.11. The zero-order valence-corrected chi connectivity index (χ0v) is 16.9. The Balaban J connectivity index is 1.59. The smallest absolute Gasteiger partial charge is 0.155 e. The number of rotatable bonds is 6. The topological polar surface area (TPSA) is 90.5 Å². The largest absolute Gasteiger partial charge is 0.366 e. The van der Waals surface area contributed by atoms with Crippen molar-refractivity contribution >= 4 is 22.9 Å². The maximum atomic E-state index is 13.9. The van der Waals surface area contributed by atoms with Crippen LogP contribution in [-0.4, -0.2) is 26.1 Å². The van der Waals surface area contributed by atoms with Crippen LogP contribution >= 0.6 is 0 Å². The van der Waals surface area contributed by atoms with E-state index in [9.17, 15) is 8.78 Å². The van der Waals surface area contributed by atoms with Gasteiger partial charge in [0.2, 0.25) is 0 Å². The van der Waals surface area contributed by atoms with Crippen molar-refractivity contribution < 1.29 is 8.78 Å². The second-order valence-electron chi connectivity index (χ2n) is 7.14. The molecule has 9 heteroatoms. The quantitative estimate of drug-likeness (QED) is 0.417. The first-order chi connectivity index (χ1) is 15.0. The number of aliphatic imine (C=N–C) groups is 1. The molecular weight excluding hydrogens is 400 g/mol. The maximum absolute atomic E-state index is 13.9. The van der Waals surface area contributed by atoms with Crippen molar-refractivity contribution in [2.24, 2.45) is 4.99 Å². The normalized spacial score (nSPS) is 14.2. The van der Waals surface area contributed by atoms with E-state index in [1.807, 2.05) is 25.1 Å². The van der Waals surface area contributed by atoms with Crippen LogP contribution in [-0.2, 0) is 6.54 Å². The minimum Gasteiger partial charge on any atom is -0.366 e. The highest BCUT2D eigenvalue weighted by atomic mass is 19.1. The monoisotopic (exact) mass is 421 g/mol. The molecule has 0 aliphatic carbocycles. The molecule has 0 unspecified atom stereocenters. The van der Waals surface area contributed by atoms with E-state index in [2.05, 4.69) is 25.7 Å². The predicted octanol–water partition coefficient (Wildman–Crippen LogP) is 3.80. The van der Waals surface area contributed by atoms with Gasteiger partial charge in [-0.15, -0.1) is 0 Å². The van der Waals surface area contributed by atoms with Crippen LogP contribution in [0, 0.1) is 17.0 Å². The summed E-state index contributed by atoms with van der Waals surface area (Å²) in [5.41, 5.74) is 3.22.